The SMILES string of the molecule is CN1C(C=Cc2ccccc2O)=[N+](C)c2cccc3cccc1c23. The van der Waals surface area contributed by atoms with Crippen LogP contribution in [0.5, 0.6) is 5.75 Å². The first-order chi connectivity index (χ1) is 11.7. The second-order valence-corrected chi connectivity index (χ2v) is 6.02. The highest BCUT2D eigenvalue weighted by molar-refractivity contribution is 6.14. The molecule has 1 aliphatic rings. The first-order valence-electron chi connectivity index (χ1n) is 7.99. The first kappa shape index (κ1) is 14.5. The Bertz CT molecular complexity index is 996. The van der Waals surface area contributed by atoms with Crippen LogP contribution in [0.3, 0.4) is 0 Å². The quantitative estimate of drug-likeness (QED) is 0.710. The van der Waals surface area contributed by atoms with Crippen molar-refractivity contribution < 1.29 is 9.68 Å². The second-order valence-electron chi connectivity index (χ2n) is 6.02. The van der Waals surface area contributed by atoms with Gasteiger partial charge in [-0.25, -0.2) is 9.48 Å². The number of phenols is 1. The summed E-state index contributed by atoms with van der Waals surface area (Å²) in [5.41, 5.74) is 3.19. The van der Waals surface area contributed by atoms with Crippen molar-refractivity contribution in [3.63, 3.8) is 0 Å². The Morgan fingerprint density at radius 3 is 2.46 bits per heavy atom. The Morgan fingerprint density at radius 2 is 1.67 bits per heavy atom. The predicted octanol–water partition coefficient (Wildman–Crippen LogP) is 4.38. The van der Waals surface area contributed by atoms with Crippen molar-refractivity contribution in [2.45, 2.75) is 0 Å². The minimum atomic E-state index is 0.290. The lowest BCUT2D eigenvalue weighted by atomic mass is 10.0. The number of phenolic OH excluding ortho intramolecular Hbond substituents is 1. The van der Waals surface area contributed by atoms with Gasteiger partial charge in [-0.05, 0) is 29.7 Å². The number of rotatable bonds is 2. The van der Waals surface area contributed by atoms with E-state index < -0.39 is 0 Å². The van der Waals surface area contributed by atoms with Crippen LogP contribution in [-0.2, 0) is 0 Å². The zero-order valence-corrected chi connectivity index (χ0v) is 13.8. The van der Waals surface area contributed by atoms with Crippen molar-refractivity contribution in [3.05, 3.63) is 72.3 Å². The van der Waals surface area contributed by atoms with Crippen LogP contribution in [0.1, 0.15) is 5.56 Å². The highest BCUT2D eigenvalue weighted by Gasteiger charge is 2.28. The van der Waals surface area contributed by atoms with Gasteiger partial charge in [-0.3, -0.25) is 0 Å². The molecule has 118 valence electrons. The Balaban J connectivity index is 1.87. The van der Waals surface area contributed by atoms with E-state index in [4.69, 9.17) is 0 Å². The predicted molar refractivity (Wildman–Crippen MR) is 100 cm³/mol. The highest BCUT2D eigenvalue weighted by atomic mass is 16.3. The standard InChI is InChI=1S/C21H18N2O/c1-22-17-10-5-8-16-9-6-11-18(21(16)17)23(2)20(22)14-13-15-7-3-4-12-19(15)24/h3-14H,1-2H3/p+1. The van der Waals surface area contributed by atoms with E-state index in [-0.39, 0.29) is 5.75 Å². The summed E-state index contributed by atoms with van der Waals surface area (Å²) in [4.78, 5) is 2.19. The molecular weight excluding hydrogens is 296 g/mol. The van der Waals surface area contributed by atoms with Crippen LogP contribution in [0.15, 0.2) is 66.7 Å². The van der Waals surface area contributed by atoms with E-state index in [1.807, 2.05) is 30.4 Å². The third-order valence-electron chi connectivity index (χ3n) is 4.62. The van der Waals surface area contributed by atoms with Crippen LogP contribution >= 0.6 is 0 Å². The van der Waals surface area contributed by atoms with Gasteiger partial charge in [0.15, 0.2) is 0 Å². The van der Waals surface area contributed by atoms with Crippen LogP contribution in [0, 0.1) is 0 Å². The van der Waals surface area contributed by atoms with Gasteiger partial charge in [0.05, 0.1) is 19.5 Å². The molecule has 0 atom stereocenters. The van der Waals surface area contributed by atoms with E-state index in [1.54, 1.807) is 6.07 Å². The van der Waals surface area contributed by atoms with Gasteiger partial charge in [0.2, 0.25) is 0 Å². The maximum absolute atomic E-state index is 9.97. The van der Waals surface area contributed by atoms with Crippen LogP contribution in [0.2, 0.25) is 0 Å². The number of likely N-dealkylation sites (N-methyl/N-ethyl adjacent to an activating group) is 1. The Morgan fingerprint density at radius 1 is 0.917 bits per heavy atom. The molecule has 0 spiro atoms. The van der Waals surface area contributed by atoms with Gasteiger partial charge >= 0.3 is 0 Å². The number of aromatic hydroxyl groups is 1. The summed E-state index contributed by atoms with van der Waals surface area (Å²) < 4.78 is 2.19. The monoisotopic (exact) mass is 315 g/mol. The van der Waals surface area contributed by atoms with Crippen LogP contribution in [-0.4, -0.2) is 29.6 Å². The summed E-state index contributed by atoms with van der Waals surface area (Å²) in [5, 5.41) is 12.5. The molecule has 4 rings (SSSR count). The number of nitrogens with zero attached hydrogens (tertiary/aromatic N) is 2. The molecule has 0 aromatic heterocycles. The molecule has 3 aromatic carbocycles. The zero-order chi connectivity index (χ0) is 16.7. The van der Waals surface area contributed by atoms with Crippen molar-refractivity contribution in [2.24, 2.45) is 0 Å². The molecule has 0 amide bonds. The van der Waals surface area contributed by atoms with E-state index in [0.29, 0.717) is 0 Å². The lowest BCUT2D eigenvalue weighted by molar-refractivity contribution is -0.404. The largest absolute Gasteiger partial charge is 0.507 e. The fourth-order valence-electron chi connectivity index (χ4n) is 3.35. The third-order valence-corrected chi connectivity index (χ3v) is 4.62. The molecule has 3 aromatic rings. The molecule has 0 aliphatic carbocycles. The number of benzene rings is 3. The van der Waals surface area contributed by atoms with Crippen molar-refractivity contribution in [1.29, 1.82) is 0 Å². The number of hydrogen-bond acceptors (Lipinski definition) is 2. The van der Waals surface area contributed by atoms with E-state index in [2.05, 4.69) is 60.0 Å². The fraction of sp³-hybridized carbons (Fsp3) is 0.0952. The van der Waals surface area contributed by atoms with Gasteiger partial charge in [-0.1, -0.05) is 42.5 Å². The summed E-state index contributed by atoms with van der Waals surface area (Å²) in [6.07, 6.45) is 4.00. The maximum Gasteiger partial charge on any atom is 0.281 e. The van der Waals surface area contributed by atoms with Crippen LogP contribution < -0.4 is 4.90 Å². The molecule has 0 saturated carbocycles. The van der Waals surface area contributed by atoms with Gasteiger partial charge in [-0.15, -0.1) is 0 Å². The molecule has 1 heterocycles. The molecule has 0 bridgehead atoms. The average molecular weight is 315 g/mol. The number of amidine groups is 1. The topological polar surface area (TPSA) is 26.5 Å². The maximum atomic E-state index is 9.97. The molecule has 0 saturated heterocycles. The molecule has 0 radical (unpaired) electrons. The second kappa shape index (κ2) is 5.53. The Hall–Kier alpha value is -3.07. The number of hydrogen-bond donors (Lipinski definition) is 1. The summed E-state index contributed by atoms with van der Waals surface area (Å²) >= 11 is 0. The summed E-state index contributed by atoms with van der Waals surface area (Å²) in [6.45, 7) is 0. The van der Waals surface area contributed by atoms with Crippen molar-refractivity contribution in [3.8, 4) is 5.75 Å². The van der Waals surface area contributed by atoms with Crippen molar-refractivity contribution >= 4 is 34.1 Å². The lowest BCUT2D eigenvalue weighted by Crippen LogP contribution is -2.33. The molecular formula is C21H19N2O+. The Labute approximate surface area is 141 Å². The zero-order valence-electron chi connectivity index (χ0n) is 13.8. The molecule has 24 heavy (non-hydrogen) atoms. The Kier molecular flexibility index (Phi) is 3.35. The van der Waals surface area contributed by atoms with Crippen molar-refractivity contribution in [1.82, 2.24) is 0 Å². The minimum absolute atomic E-state index is 0.290. The van der Waals surface area contributed by atoms with Gasteiger partial charge in [0, 0.05) is 11.6 Å². The third kappa shape index (κ3) is 2.17. The van der Waals surface area contributed by atoms with Gasteiger partial charge in [0.1, 0.15) is 17.1 Å². The highest BCUT2D eigenvalue weighted by Crippen LogP contribution is 2.37. The first-order valence-corrected chi connectivity index (χ1v) is 7.99. The smallest absolute Gasteiger partial charge is 0.281 e. The molecule has 1 aliphatic heterocycles. The van der Waals surface area contributed by atoms with Gasteiger partial charge in [0.25, 0.3) is 5.84 Å². The van der Waals surface area contributed by atoms with Crippen LogP contribution in [0.25, 0.3) is 16.8 Å². The molecule has 3 nitrogen and oxygen atoms in total. The number of anilines is 1. The molecule has 0 fully saturated rings. The van der Waals surface area contributed by atoms with E-state index in [1.165, 1.54) is 22.1 Å². The summed E-state index contributed by atoms with van der Waals surface area (Å²) in [5.74, 6) is 1.35. The molecule has 1 N–H and O–H groups in total. The van der Waals surface area contributed by atoms with E-state index >= 15 is 0 Å². The van der Waals surface area contributed by atoms with E-state index in [9.17, 15) is 5.11 Å². The minimum Gasteiger partial charge on any atom is -0.507 e. The fourth-order valence-corrected chi connectivity index (χ4v) is 3.35. The van der Waals surface area contributed by atoms with Crippen molar-refractivity contribution in [2.75, 3.05) is 19.0 Å². The normalized spacial score (nSPS) is 14.0. The molecule has 0 unspecified atom stereocenters. The van der Waals surface area contributed by atoms with Crippen LogP contribution in [0.4, 0.5) is 11.4 Å². The van der Waals surface area contributed by atoms with Gasteiger partial charge < -0.3 is 5.11 Å². The summed E-state index contributed by atoms with van der Waals surface area (Å²) in [7, 11) is 4.15. The number of para-hydroxylation sites is 1. The lowest BCUT2D eigenvalue weighted by Gasteiger charge is -2.23. The van der Waals surface area contributed by atoms with E-state index in [0.717, 1.165) is 11.4 Å². The summed E-state index contributed by atoms with van der Waals surface area (Å²) in [6, 6.07) is 20.1. The molecule has 3 heteroatoms. The van der Waals surface area contributed by atoms with Gasteiger partial charge in [-0.2, -0.15) is 0 Å². The average Bonchev–Trinajstić information content (AvgIpc) is 2.61.